The lowest BCUT2D eigenvalue weighted by atomic mass is 10.1. The highest BCUT2D eigenvalue weighted by Gasteiger charge is 2.20. The Kier molecular flexibility index (Phi) is 5.26. The van der Waals surface area contributed by atoms with Crippen LogP contribution in [-0.2, 0) is 14.3 Å². The van der Waals surface area contributed by atoms with Gasteiger partial charge in [-0.2, -0.15) is 0 Å². The number of carbonyl (C=O) groups is 1. The zero-order valence-corrected chi connectivity index (χ0v) is 12.6. The van der Waals surface area contributed by atoms with Crippen molar-refractivity contribution in [2.45, 2.75) is 25.6 Å². The van der Waals surface area contributed by atoms with E-state index in [0.717, 1.165) is 38.0 Å². The van der Waals surface area contributed by atoms with Crippen molar-refractivity contribution in [2.24, 2.45) is 0 Å². The molecule has 1 unspecified atom stereocenters. The molecule has 1 aromatic rings. The second kappa shape index (κ2) is 7.58. The highest BCUT2D eigenvalue weighted by Crippen LogP contribution is 2.21. The summed E-state index contributed by atoms with van der Waals surface area (Å²) in [5.74, 6) is -0.240. The first-order valence-corrected chi connectivity index (χ1v) is 7.84. The quantitative estimate of drug-likeness (QED) is 0.858. The van der Waals surface area contributed by atoms with Gasteiger partial charge in [0.2, 0.25) is 0 Å². The molecule has 0 spiro atoms. The molecule has 0 aromatic heterocycles. The molecular weight excluding hydrogens is 284 g/mol. The monoisotopic (exact) mass is 306 g/mol. The molecule has 0 saturated carbocycles. The molecule has 1 aromatic carbocycles. The molecule has 2 aliphatic heterocycles. The van der Waals surface area contributed by atoms with Crippen LogP contribution in [0.25, 0.3) is 0 Å². The van der Waals surface area contributed by atoms with E-state index in [-0.39, 0.29) is 12.2 Å². The number of carbonyl (C=O) groups excluding carboxylic acids is 1. The highest BCUT2D eigenvalue weighted by molar-refractivity contribution is 5.99. The molecule has 6 heteroatoms. The van der Waals surface area contributed by atoms with Gasteiger partial charge in [-0.3, -0.25) is 4.79 Å². The third kappa shape index (κ3) is 3.76. The van der Waals surface area contributed by atoms with Crippen LogP contribution < -0.4 is 10.4 Å². The summed E-state index contributed by atoms with van der Waals surface area (Å²) in [5.41, 5.74) is 4.05. The van der Waals surface area contributed by atoms with E-state index in [9.17, 15) is 4.79 Å². The van der Waals surface area contributed by atoms with E-state index in [1.165, 1.54) is 0 Å². The normalized spacial score (nSPS) is 22.4. The van der Waals surface area contributed by atoms with Crippen LogP contribution in [0.5, 0.6) is 0 Å². The van der Waals surface area contributed by atoms with Crippen molar-refractivity contribution in [1.82, 2.24) is 5.48 Å². The third-order valence-corrected chi connectivity index (χ3v) is 3.92. The van der Waals surface area contributed by atoms with E-state index in [1.54, 1.807) is 0 Å². The summed E-state index contributed by atoms with van der Waals surface area (Å²) in [7, 11) is 0. The largest absolute Gasteiger partial charge is 0.378 e. The molecule has 1 atom stereocenters. The molecular formula is C16H22N2O4. The number of anilines is 1. The van der Waals surface area contributed by atoms with Crippen molar-refractivity contribution in [3.63, 3.8) is 0 Å². The summed E-state index contributed by atoms with van der Waals surface area (Å²) in [4.78, 5) is 19.9. The summed E-state index contributed by atoms with van der Waals surface area (Å²) in [6, 6.07) is 7.56. The lowest BCUT2D eigenvalue weighted by molar-refractivity contribution is -0.186. The Balaban J connectivity index is 1.63. The molecule has 0 bridgehead atoms. The Morgan fingerprint density at radius 3 is 2.77 bits per heavy atom. The van der Waals surface area contributed by atoms with Crippen molar-refractivity contribution >= 4 is 11.6 Å². The van der Waals surface area contributed by atoms with Gasteiger partial charge in [-0.15, -0.1) is 0 Å². The minimum Gasteiger partial charge on any atom is -0.378 e. The number of morpholine rings is 1. The maximum atomic E-state index is 12.4. The van der Waals surface area contributed by atoms with Crippen LogP contribution in [-0.4, -0.2) is 45.1 Å². The molecule has 6 nitrogen and oxygen atoms in total. The minimum atomic E-state index is -0.340. The first kappa shape index (κ1) is 15.3. The topological polar surface area (TPSA) is 60.0 Å². The zero-order valence-electron chi connectivity index (χ0n) is 12.6. The molecule has 2 aliphatic rings. The number of nitrogens with one attached hydrogen (secondary N) is 1. The lowest BCUT2D eigenvalue weighted by Crippen LogP contribution is -2.38. The molecule has 2 fully saturated rings. The van der Waals surface area contributed by atoms with Gasteiger partial charge in [0.1, 0.15) is 0 Å². The van der Waals surface area contributed by atoms with Gasteiger partial charge in [-0.05, 0) is 25.0 Å². The van der Waals surface area contributed by atoms with Gasteiger partial charge in [0.15, 0.2) is 6.29 Å². The summed E-state index contributed by atoms with van der Waals surface area (Å²) in [5, 5.41) is 0. The maximum absolute atomic E-state index is 12.4. The fourth-order valence-corrected chi connectivity index (χ4v) is 2.72. The van der Waals surface area contributed by atoms with Gasteiger partial charge in [-0.1, -0.05) is 12.1 Å². The van der Waals surface area contributed by atoms with Crippen molar-refractivity contribution in [2.75, 3.05) is 37.8 Å². The molecule has 2 heterocycles. The van der Waals surface area contributed by atoms with Crippen LogP contribution in [0.1, 0.15) is 29.6 Å². The number of rotatable bonds is 4. The minimum absolute atomic E-state index is 0.240. The SMILES string of the molecule is O=C(NOC1CCCCO1)c1ccccc1N1CCOCC1. The summed E-state index contributed by atoms with van der Waals surface area (Å²) >= 11 is 0. The van der Waals surface area contributed by atoms with Gasteiger partial charge in [0.25, 0.3) is 5.91 Å². The van der Waals surface area contributed by atoms with Gasteiger partial charge in [-0.25, -0.2) is 10.3 Å². The Morgan fingerprint density at radius 2 is 2.00 bits per heavy atom. The van der Waals surface area contributed by atoms with Crippen LogP contribution in [0.4, 0.5) is 5.69 Å². The van der Waals surface area contributed by atoms with Crippen LogP contribution >= 0.6 is 0 Å². The van der Waals surface area contributed by atoms with Crippen LogP contribution in [0.2, 0.25) is 0 Å². The number of hydrogen-bond acceptors (Lipinski definition) is 5. The maximum Gasteiger partial charge on any atom is 0.277 e. The first-order valence-electron chi connectivity index (χ1n) is 7.84. The predicted molar refractivity (Wildman–Crippen MR) is 81.6 cm³/mol. The zero-order chi connectivity index (χ0) is 15.2. The van der Waals surface area contributed by atoms with E-state index in [4.69, 9.17) is 14.3 Å². The van der Waals surface area contributed by atoms with Gasteiger partial charge >= 0.3 is 0 Å². The number of hydroxylamine groups is 1. The van der Waals surface area contributed by atoms with Crippen molar-refractivity contribution in [1.29, 1.82) is 0 Å². The Morgan fingerprint density at radius 1 is 1.18 bits per heavy atom. The molecule has 2 saturated heterocycles. The molecule has 22 heavy (non-hydrogen) atoms. The van der Waals surface area contributed by atoms with Crippen molar-refractivity contribution in [3.05, 3.63) is 29.8 Å². The second-order valence-electron chi connectivity index (χ2n) is 5.46. The molecule has 3 rings (SSSR count). The molecule has 0 radical (unpaired) electrons. The third-order valence-electron chi connectivity index (χ3n) is 3.92. The lowest BCUT2D eigenvalue weighted by Gasteiger charge is -2.30. The average Bonchev–Trinajstić information content (AvgIpc) is 2.61. The van der Waals surface area contributed by atoms with Crippen LogP contribution in [0, 0.1) is 0 Å². The fourth-order valence-electron chi connectivity index (χ4n) is 2.72. The Bertz CT molecular complexity index is 497. The second-order valence-corrected chi connectivity index (χ2v) is 5.46. The number of nitrogens with zero attached hydrogens (tertiary/aromatic N) is 1. The number of para-hydroxylation sites is 1. The van der Waals surface area contributed by atoms with Gasteiger partial charge in [0, 0.05) is 31.8 Å². The summed E-state index contributed by atoms with van der Waals surface area (Å²) in [6.07, 6.45) is 2.58. The average molecular weight is 306 g/mol. The van der Waals surface area contributed by atoms with Crippen molar-refractivity contribution in [3.8, 4) is 0 Å². The number of ether oxygens (including phenoxy) is 2. The number of benzene rings is 1. The number of amides is 1. The smallest absolute Gasteiger partial charge is 0.277 e. The molecule has 120 valence electrons. The molecule has 1 amide bonds. The van der Waals surface area contributed by atoms with Crippen LogP contribution in [0.15, 0.2) is 24.3 Å². The molecule has 1 N–H and O–H groups in total. The Labute approximate surface area is 130 Å². The van der Waals surface area contributed by atoms with Gasteiger partial charge in [0.05, 0.1) is 18.8 Å². The standard InChI is InChI=1S/C16H22N2O4/c19-16(17-22-15-7-3-4-10-21-15)13-5-1-2-6-14(13)18-8-11-20-12-9-18/h1-2,5-6,15H,3-4,7-12H2,(H,17,19). The molecule has 0 aliphatic carbocycles. The first-order chi connectivity index (χ1) is 10.8. The van der Waals surface area contributed by atoms with E-state index < -0.39 is 0 Å². The van der Waals surface area contributed by atoms with E-state index in [2.05, 4.69) is 10.4 Å². The summed E-state index contributed by atoms with van der Waals surface area (Å²) < 4.78 is 10.8. The Hall–Kier alpha value is -1.63. The fraction of sp³-hybridized carbons (Fsp3) is 0.562. The van der Waals surface area contributed by atoms with E-state index in [0.29, 0.717) is 25.4 Å². The van der Waals surface area contributed by atoms with Crippen molar-refractivity contribution < 1.29 is 19.1 Å². The predicted octanol–water partition coefficient (Wildman–Crippen LogP) is 1.71. The van der Waals surface area contributed by atoms with Gasteiger partial charge < -0.3 is 14.4 Å². The summed E-state index contributed by atoms with van der Waals surface area (Å²) in [6.45, 7) is 3.63. The number of hydrogen-bond donors (Lipinski definition) is 1. The highest BCUT2D eigenvalue weighted by atomic mass is 16.8. The van der Waals surface area contributed by atoms with Crippen LogP contribution in [0.3, 0.4) is 0 Å². The van der Waals surface area contributed by atoms with E-state index in [1.807, 2.05) is 24.3 Å². The van der Waals surface area contributed by atoms with E-state index >= 15 is 0 Å².